The number of hydrogen-bond acceptors (Lipinski definition) is 4. The minimum atomic E-state index is -0.736. The van der Waals surface area contributed by atoms with Crippen LogP contribution in [-0.4, -0.2) is 48.2 Å². The Labute approximate surface area is 256 Å². The summed E-state index contributed by atoms with van der Waals surface area (Å²) in [7, 11) is 0. The van der Waals surface area contributed by atoms with Crippen LogP contribution in [0.3, 0.4) is 0 Å². The van der Waals surface area contributed by atoms with Crippen molar-refractivity contribution >= 4 is 17.5 Å². The summed E-state index contributed by atoms with van der Waals surface area (Å²) < 4.78 is 0. The molecule has 1 saturated heterocycles. The van der Waals surface area contributed by atoms with Gasteiger partial charge in [0.2, 0.25) is 5.91 Å². The third kappa shape index (κ3) is 8.55. The summed E-state index contributed by atoms with van der Waals surface area (Å²) in [6, 6.07) is 26.2. The zero-order valence-electron chi connectivity index (χ0n) is 25.5. The first kappa shape index (κ1) is 31.0. The predicted octanol–water partition coefficient (Wildman–Crippen LogP) is 6.17. The molecule has 43 heavy (non-hydrogen) atoms. The minimum absolute atomic E-state index is 0.0957. The number of carbonyl (C=O) groups excluding carboxylic acids is 2. The van der Waals surface area contributed by atoms with Gasteiger partial charge < -0.3 is 20.6 Å². The van der Waals surface area contributed by atoms with E-state index in [4.69, 9.17) is 0 Å². The monoisotopic (exact) mass is 581 g/mol. The van der Waals surface area contributed by atoms with Crippen molar-refractivity contribution in [1.82, 2.24) is 10.6 Å². The summed E-state index contributed by atoms with van der Waals surface area (Å²) in [6.07, 6.45) is 8.86. The van der Waals surface area contributed by atoms with Crippen LogP contribution in [0, 0.1) is 0 Å². The number of anilines is 1. The molecule has 0 aromatic heterocycles. The number of amides is 2. The van der Waals surface area contributed by atoms with Gasteiger partial charge in [0, 0.05) is 42.7 Å². The minimum Gasteiger partial charge on any atom is -0.390 e. The molecule has 1 aliphatic carbocycles. The van der Waals surface area contributed by atoms with E-state index in [1.165, 1.54) is 24.8 Å². The Kier molecular flexibility index (Phi) is 11.0. The molecule has 0 bridgehead atoms. The molecule has 1 aliphatic heterocycles. The summed E-state index contributed by atoms with van der Waals surface area (Å²) in [6.45, 7) is 3.16. The topological polar surface area (TPSA) is 81.7 Å². The summed E-state index contributed by atoms with van der Waals surface area (Å²) in [5.74, 6) is 0.132. The van der Waals surface area contributed by atoms with Crippen molar-refractivity contribution in [3.05, 3.63) is 101 Å². The van der Waals surface area contributed by atoms with Crippen LogP contribution in [0.1, 0.15) is 91.3 Å². The van der Waals surface area contributed by atoms with Crippen molar-refractivity contribution in [3.63, 3.8) is 0 Å². The third-order valence-electron chi connectivity index (χ3n) is 9.07. The molecule has 0 spiro atoms. The number of aliphatic hydroxyl groups excluding tert-OH is 1. The number of nitrogens with one attached hydrogen (secondary N) is 2. The molecule has 6 heteroatoms. The van der Waals surface area contributed by atoms with E-state index in [0.717, 1.165) is 48.9 Å². The van der Waals surface area contributed by atoms with E-state index in [1.54, 1.807) is 0 Å². The lowest BCUT2D eigenvalue weighted by molar-refractivity contribution is -0.119. The number of carbonyl (C=O) groups is 2. The fourth-order valence-electron chi connectivity index (χ4n) is 6.63. The highest BCUT2D eigenvalue weighted by molar-refractivity contribution is 5.99. The van der Waals surface area contributed by atoms with E-state index >= 15 is 0 Å². The number of benzene rings is 3. The maximum Gasteiger partial charge on any atom is 0.251 e. The Balaban J connectivity index is 1.36. The predicted molar refractivity (Wildman–Crippen MR) is 173 cm³/mol. The van der Waals surface area contributed by atoms with Gasteiger partial charge in [-0.2, -0.15) is 0 Å². The SMILES string of the molecule is CCCc1cc(C(=O)NC(Cc2ccccc2)C(O)CNC2CCCCC2)cc(N2CC(c3ccccc3)CCC2=O)c1. The van der Waals surface area contributed by atoms with Gasteiger partial charge in [-0.25, -0.2) is 0 Å². The first-order chi connectivity index (χ1) is 21.0. The van der Waals surface area contributed by atoms with Gasteiger partial charge >= 0.3 is 0 Å². The molecule has 2 amide bonds. The highest BCUT2D eigenvalue weighted by Gasteiger charge is 2.29. The highest BCUT2D eigenvalue weighted by atomic mass is 16.3. The Morgan fingerprint density at radius 3 is 2.37 bits per heavy atom. The standard InChI is InChI=1S/C37H47N3O3/c1-2-12-28-21-31(24-33(22-28)40-26-30(19-20-36(40)42)29-15-8-4-9-16-29)37(43)39-34(23-27-13-6-3-7-14-27)35(41)25-38-32-17-10-5-11-18-32/h3-4,6-9,13-16,21-22,24,30,32,34-35,38,41H,2,5,10-12,17-20,23,25-26H2,1H3,(H,39,43). The van der Waals surface area contributed by atoms with Crippen molar-refractivity contribution in [2.45, 2.75) is 95.2 Å². The van der Waals surface area contributed by atoms with Gasteiger partial charge in [-0.15, -0.1) is 0 Å². The van der Waals surface area contributed by atoms with Crippen LogP contribution in [0.2, 0.25) is 0 Å². The number of hydrogen-bond donors (Lipinski definition) is 3. The number of rotatable bonds is 12. The summed E-state index contributed by atoms with van der Waals surface area (Å²) in [5.41, 5.74) is 4.65. The van der Waals surface area contributed by atoms with Crippen LogP contribution in [-0.2, 0) is 17.6 Å². The average Bonchev–Trinajstić information content (AvgIpc) is 3.05. The molecule has 3 aromatic rings. The largest absolute Gasteiger partial charge is 0.390 e. The van der Waals surface area contributed by atoms with Crippen molar-refractivity contribution in [2.75, 3.05) is 18.0 Å². The van der Waals surface area contributed by atoms with E-state index in [9.17, 15) is 14.7 Å². The molecule has 2 fully saturated rings. The van der Waals surface area contributed by atoms with Gasteiger partial charge in [-0.3, -0.25) is 9.59 Å². The maximum absolute atomic E-state index is 13.9. The molecule has 3 unspecified atom stereocenters. The van der Waals surface area contributed by atoms with E-state index in [0.29, 0.717) is 37.5 Å². The number of aliphatic hydroxyl groups is 1. The second kappa shape index (κ2) is 15.3. The lowest BCUT2D eigenvalue weighted by Crippen LogP contribution is -2.50. The molecule has 3 aromatic carbocycles. The molecule has 228 valence electrons. The fourth-order valence-corrected chi connectivity index (χ4v) is 6.63. The molecule has 6 nitrogen and oxygen atoms in total. The first-order valence-electron chi connectivity index (χ1n) is 16.3. The van der Waals surface area contributed by atoms with E-state index in [-0.39, 0.29) is 17.7 Å². The van der Waals surface area contributed by atoms with Gasteiger partial charge in [-0.05, 0) is 67.0 Å². The Bertz CT molecular complexity index is 1320. The van der Waals surface area contributed by atoms with Crippen LogP contribution in [0.4, 0.5) is 5.69 Å². The Hall–Kier alpha value is -3.48. The smallest absolute Gasteiger partial charge is 0.251 e. The zero-order valence-corrected chi connectivity index (χ0v) is 25.5. The van der Waals surface area contributed by atoms with Gasteiger partial charge in [0.25, 0.3) is 5.91 Å². The van der Waals surface area contributed by atoms with Crippen LogP contribution in [0.5, 0.6) is 0 Å². The lowest BCUT2D eigenvalue weighted by Gasteiger charge is -2.33. The second-order valence-electron chi connectivity index (χ2n) is 12.4. The first-order valence-corrected chi connectivity index (χ1v) is 16.3. The molecule has 0 radical (unpaired) electrons. The van der Waals surface area contributed by atoms with Crippen molar-refractivity contribution < 1.29 is 14.7 Å². The zero-order chi connectivity index (χ0) is 30.0. The fraction of sp³-hybridized carbons (Fsp3) is 0.459. The molecule has 1 saturated carbocycles. The molecule has 1 heterocycles. The normalized spacial score (nSPS) is 19.2. The van der Waals surface area contributed by atoms with Crippen LogP contribution >= 0.6 is 0 Å². The molecule has 3 atom stereocenters. The van der Waals surface area contributed by atoms with Gasteiger partial charge in [-0.1, -0.05) is 93.3 Å². The lowest BCUT2D eigenvalue weighted by atomic mass is 9.89. The van der Waals surface area contributed by atoms with Crippen molar-refractivity contribution in [3.8, 4) is 0 Å². The van der Waals surface area contributed by atoms with Crippen LogP contribution < -0.4 is 15.5 Å². The van der Waals surface area contributed by atoms with Gasteiger partial charge in [0.15, 0.2) is 0 Å². The third-order valence-corrected chi connectivity index (χ3v) is 9.07. The number of nitrogens with zero attached hydrogens (tertiary/aromatic N) is 1. The second-order valence-corrected chi connectivity index (χ2v) is 12.4. The number of aryl methyl sites for hydroxylation is 1. The van der Waals surface area contributed by atoms with Crippen molar-refractivity contribution in [2.24, 2.45) is 0 Å². The van der Waals surface area contributed by atoms with Crippen molar-refractivity contribution in [1.29, 1.82) is 0 Å². The summed E-state index contributed by atoms with van der Waals surface area (Å²) in [5, 5.41) is 18.1. The molecular weight excluding hydrogens is 534 g/mol. The number of piperidine rings is 1. The molecule has 2 aliphatic rings. The maximum atomic E-state index is 13.9. The van der Waals surface area contributed by atoms with E-state index in [2.05, 4.69) is 35.8 Å². The average molecular weight is 582 g/mol. The van der Waals surface area contributed by atoms with E-state index in [1.807, 2.05) is 65.6 Å². The molecule has 3 N–H and O–H groups in total. The van der Waals surface area contributed by atoms with Crippen LogP contribution in [0.15, 0.2) is 78.9 Å². The molecule has 5 rings (SSSR count). The van der Waals surface area contributed by atoms with E-state index < -0.39 is 12.1 Å². The molecular formula is C37H47N3O3. The van der Waals surface area contributed by atoms with Gasteiger partial charge in [0.1, 0.15) is 0 Å². The highest BCUT2D eigenvalue weighted by Crippen LogP contribution is 2.32. The quantitative estimate of drug-likeness (QED) is 0.239. The Morgan fingerprint density at radius 1 is 0.930 bits per heavy atom. The summed E-state index contributed by atoms with van der Waals surface area (Å²) in [4.78, 5) is 28.9. The Morgan fingerprint density at radius 2 is 1.65 bits per heavy atom. The van der Waals surface area contributed by atoms with Crippen LogP contribution in [0.25, 0.3) is 0 Å². The van der Waals surface area contributed by atoms with Gasteiger partial charge in [0.05, 0.1) is 12.1 Å². The summed E-state index contributed by atoms with van der Waals surface area (Å²) >= 11 is 0.